The van der Waals surface area contributed by atoms with E-state index in [-0.39, 0.29) is 4.65 Å². The number of nitrogens with one attached hydrogen (secondary N) is 1. The average molecular weight is 246 g/mol. The Morgan fingerprint density at radius 1 is 1.28 bits per heavy atom. The molecule has 0 saturated heterocycles. The lowest BCUT2D eigenvalue weighted by Crippen LogP contribution is -2.46. The highest BCUT2D eigenvalue weighted by atomic mass is 16.6. The Balaban J connectivity index is 1.81. The van der Waals surface area contributed by atoms with Gasteiger partial charge in [-0.3, -0.25) is 0 Å². The van der Waals surface area contributed by atoms with Crippen LogP contribution in [-0.4, -0.2) is 13.2 Å². The van der Waals surface area contributed by atoms with Crippen LogP contribution in [0.4, 0.5) is 11.4 Å². The van der Waals surface area contributed by atoms with E-state index in [1.165, 1.54) is 37.7 Å². The number of rotatable bonds is 2. The minimum absolute atomic E-state index is 0.165. The van der Waals surface area contributed by atoms with Crippen LogP contribution < -0.4 is 9.96 Å². The molecule has 0 aromatic heterocycles. The standard InChI is InChI=1S/C15H22N2O/c1-12-7-8-14-15(9-12)17(18,11-16-14)10-13-5-3-2-4-6-13/h7-9,13,16H,2-6,10-11H2,1H3. The molecule has 1 N–H and O–H groups in total. The molecule has 1 fully saturated rings. The summed E-state index contributed by atoms with van der Waals surface area (Å²) in [4.78, 5) is 0. The van der Waals surface area contributed by atoms with Gasteiger partial charge in [0.2, 0.25) is 0 Å². The Labute approximate surface area is 109 Å². The molecule has 1 aliphatic carbocycles. The number of aryl methyl sites for hydroxylation is 1. The van der Waals surface area contributed by atoms with Crippen molar-refractivity contribution >= 4 is 11.4 Å². The predicted molar refractivity (Wildman–Crippen MR) is 76.3 cm³/mol. The van der Waals surface area contributed by atoms with Crippen LogP contribution in [0.3, 0.4) is 0 Å². The van der Waals surface area contributed by atoms with E-state index in [0.717, 1.165) is 17.9 Å². The first-order valence-corrected chi connectivity index (χ1v) is 7.10. The average Bonchev–Trinajstić information content (AvgIpc) is 2.68. The molecule has 1 aromatic carbocycles. The number of hydroxylamine groups is 2. The zero-order valence-electron chi connectivity index (χ0n) is 11.1. The predicted octanol–water partition coefficient (Wildman–Crippen LogP) is 3.76. The maximum absolute atomic E-state index is 13.0. The van der Waals surface area contributed by atoms with Crippen molar-refractivity contribution in [2.24, 2.45) is 5.92 Å². The van der Waals surface area contributed by atoms with E-state index in [2.05, 4.69) is 24.4 Å². The van der Waals surface area contributed by atoms with Gasteiger partial charge in [-0.1, -0.05) is 25.3 Å². The number of fused-ring (bicyclic) bond motifs is 1. The normalized spacial score (nSPS) is 27.9. The molecule has 1 unspecified atom stereocenters. The first-order valence-electron chi connectivity index (χ1n) is 7.10. The lowest BCUT2D eigenvalue weighted by atomic mass is 9.89. The van der Waals surface area contributed by atoms with Crippen LogP contribution in [0.15, 0.2) is 18.2 Å². The summed E-state index contributed by atoms with van der Waals surface area (Å²) >= 11 is 0. The molecule has 3 nitrogen and oxygen atoms in total. The van der Waals surface area contributed by atoms with Crippen molar-refractivity contribution in [1.82, 2.24) is 4.65 Å². The Morgan fingerprint density at radius 2 is 2.06 bits per heavy atom. The van der Waals surface area contributed by atoms with Gasteiger partial charge in [0.05, 0.1) is 6.54 Å². The van der Waals surface area contributed by atoms with Gasteiger partial charge in [-0.25, -0.2) is 0 Å². The van der Waals surface area contributed by atoms with Crippen molar-refractivity contribution in [3.05, 3.63) is 29.0 Å². The fourth-order valence-corrected chi connectivity index (χ4v) is 3.38. The molecule has 0 radical (unpaired) electrons. The zero-order valence-corrected chi connectivity index (χ0v) is 11.1. The molecule has 3 heteroatoms. The molecule has 0 spiro atoms. The van der Waals surface area contributed by atoms with Gasteiger partial charge in [0, 0.05) is 12.0 Å². The minimum Gasteiger partial charge on any atom is -0.626 e. The fourth-order valence-electron chi connectivity index (χ4n) is 3.38. The van der Waals surface area contributed by atoms with E-state index in [1.807, 2.05) is 6.07 Å². The van der Waals surface area contributed by atoms with Crippen LogP contribution in [0.25, 0.3) is 0 Å². The van der Waals surface area contributed by atoms with Gasteiger partial charge >= 0.3 is 0 Å². The number of quaternary nitrogens is 1. The van der Waals surface area contributed by atoms with Crippen molar-refractivity contribution < 1.29 is 0 Å². The van der Waals surface area contributed by atoms with Crippen molar-refractivity contribution in [1.29, 1.82) is 0 Å². The van der Waals surface area contributed by atoms with E-state index in [9.17, 15) is 5.21 Å². The van der Waals surface area contributed by atoms with Gasteiger partial charge in [-0.05, 0) is 31.4 Å². The summed E-state index contributed by atoms with van der Waals surface area (Å²) in [6.45, 7) is 3.32. The summed E-state index contributed by atoms with van der Waals surface area (Å²) in [6, 6.07) is 6.18. The number of nitrogens with zero attached hydrogens (tertiary/aromatic N) is 1. The fraction of sp³-hybridized carbons (Fsp3) is 0.600. The maximum atomic E-state index is 13.0. The quantitative estimate of drug-likeness (QED) is 0.637. The molecule has 18 heavy (non-hydrogen) atoms. The molecule has 3 rings (SSSR count). The molecule has 2 aliphatic rings. The highest BCUT2D eigenvalue weighted by Crippen LogP contribution is 2.39. The molecular formula is C15H22N2O. The summed E-state index contributed by atoms with van der Waals surface area (Å²) in [6.07, 6.45) is 6.44. The Morgan fingerprint density at radius 3 is 2.83 bits per heavy atom. The number of hydrogen-bond donors (Lipinski definition) is 1. The molecule has 1 saturated carbocycles. The van der Waals surface area contributed by atoms with E-state index in [4.69, 9.17) is 0 Å². The number of hydrogen-bond acceptors (Lipinski definition) is 2. The molecule has 0 bridgehead atoms. The second kappa shape index (κ2) is 4.56. The van der Waals surface area contributed by atoms with Crippen LogP contribution in [0, 0.1) is 18.0 Å². The van der Waals surface area contributed by atoms with Gasteiger partial charge in [-0.2, -0.15) is 0 Å². The minimum atomic E-state index is -0.165. The van der Waals surface area contributed by atoms with Crippen LogP contribution >= 0.6 is 0 Å². The molecule has 0 amide bonds. The lowest BCUT2D eigenvalue weighted by molar-refractivity contribution is 0.269. The van der Waals surface area contributed by atoms with Crippen molar-refractivity contribution in [2.45, 2.75) is 39.0 Å². The van der Waals surface area contributed by atoms with E-state index in [0.29, 0.717) is 12.6 Å². The molecule has 98 valence electrons. The maximum Gasteiger partial charge on any atom is 0.158 e. The molecule has 1 heterocycles. The zero-order chi connectivity index (χ0) is 12.6. The number of benzene rings is 1. The van der Waals surface area contributed by atoms with E-state index in [1.54, 1.807) is 0 Å². The van der Waals surface area contributed by atoms with Crippen LogP contribution in [0.2, 0.25) is 0 Å². The summed E-state index contributed by atoms with van der Waals surface area (Å²) in [5.41, 5.74) is 3.16. The Hall–Kier alpha value is -1.06. The number of anilines is 1. The summed E-state index contributed by atoms with van der Waals surface area (Å²) in [5.74, 6) is 0.615. The van der Waals surface area contributed by atoms with Crippen LogP contribution in [0.5, 0.6) is 0 Å². The monoisotopic (exact) mass is 246 g/mol. The van der Waals surface area contributed by atoms with Crippen LogP contribution in [-0.2, 0) is 0 Å². The van der Waals surface area contributed by atoms with Crippen molar-refractivity contribution in [2.75, 3.05) is 18.5 Å². The SMILES string of the molecule is Cc1ccc2c(c1)[N+]([O-])(CC1CCCCC1)CN2. The third kappa shape index (κ3) is 2.13. The highest BCUT2D eigenvalue weighted by Gasteiger charge is 2.33. The first-order chi connectivity index (χ1) is 8.67. The largest absolute Gasteiger partial charge is 0.626 e. The van der Waals surface area contributed by atoms with E-state index >= 15 is 0 Å². The second-order valence-electron chi connectivity index (χ2n) is 5.93. The molecule has 1 atom stereocenters. The third-order valence-electron chi connectivity index (χ3n) is 4.40. The summed E-state index contributed by atoms with van der Waals surface area (Å²) < 4.78 is -0.165. The van der Waals surface area contributed by atoms with Gasteiger partial charge in [0.1, 0.15) is 5.69 Å². The molecule has 1 aliphatic heterocycles. The summed E-state index contributed by atoms with van der Waals surface area (Å²) in [7, 11) is 0. The highest BCUT2D eigenvalue weighted by molar-refractivity contribution is 5.73. The first kappa shape index (κ1) is 12.0. The van der Waals surface area contributed by atoms with Gasteiger partial charge in [0.15, 0.2) is 12.4 Å². The Bertz CT molecular complexity index is 440. The second-order valence-corrected chi connectivity index (χ2v) is 5.93. The topological polar surface area (TPSA) is 35.1 Å². The lowest BCUT2D eigenvalue weighted by Gasteiger charge is -2.41. The van der Waals surface area contributed by atoms with Gasteiger partial charge < -0.3 is 15.2 Å². The summed E-state index contributed by atoms with van der Waals surface area (Å²) in [5, 5.41) is 16.3. The van der Waals surface area contributed by atoms with Crippen molar-refractivity contribution in [3.63, 3.8) is 0 Å². The van der Waals surface area contributed by atoms with Gasteiger partial charge in [-0.15, -0.1) is 0 Å². The van der Waals surface area contributed by atoms with Crippen LogP contribution in [0.1, 0.15) is 37.7 Å². The Kier molecular flexibility index (Phi) is 3.04. The smallest absolute Gasteiger partial charge is 0.158 e. The van der Waals surface area contributed by atoms with Gasteiger partial charge in [0.25, 0.3) is 0 Å². The molecular weight excluding hydrogens is 224 g/mol. The molecule has 1 aromatic rings. The third-order valence-corrected chi connectivity index (χ3v) is 4.40. The van der Waals surface area contributed by atoms with E-state index < -0.39 is 0 Å². The van der Waals surface area contributed by atoms with Crippen molar-refractivity contribution in [3.8, 4) is 0 Å².